The summed E-state index contributed by atoms with van der Waals surface area (Å²) in [6.07, 6.45) is 1.40. The minimum absolute atomic E-state index is 0.0121. The molecule has 0 saturated carbocycles. The summed E-state index contributed by atoms with van der Waals surface area (Å²) in [7, 11) is 1.62. The van der Waals surface area contributed by atoms with E-state index in [-0.39, 0.29) is 11.9 Å². The number of hydrogen-bond acceptors (Lipinski definition) is 6. The number of methoxy groups -OCH3 is 1. The van der Waals surface area contributed by atoms with Crippen LogP contribution in [0.25, 0.3) is 0 Å². The van der Waals surface area contributed by atoms with Crippen molar-refractivity contribution < 1.29 is 14.1 Å². The molecule has 0 bridgehead atoms. The maximum atomic E-state index is 13.0. The van der Waals surface area contributed by atoms with Crippen LogP contribution in [0.1, 0.15) is 45.8 Å². The normalized spacial score (nSPS) is 12.1. The van der Waals surface area contributed by atoms with Crippen LogP contribution in [0.3, 0.4) is 0 Å². The second-order valence-electron chi connectivity index (χ2n) is 6.89. The minimum atomic E-state index is -0.334. The van der Waals surface area contributed by atoms with Gasteiger partial charge in [0.25, 0.3) is 0 Å². The highest BCUT2D eigenvalue weighted by molar-refractivity contribution is 5.84. The van der Waals surface area contributed by atoms with Crippen LogP contribution in [0, 0.1) is 5.92 Å². The van der Waals surface area contributed by atoms with E-state index in [4.69, 9.17) is 9.26 Å². The van der Waals surface area contributed by atoms with Crippen LogP contribution >= 0.6 is 0 Å². The molecule has 7 heteroatoms. The summed E-state index contributed by atoms with van der Waals surface area (Å²) in [6, 6.07) is 7.23. The summed E-state index contributed by atoms with van der Waals surface area (Å²) in [5.41, 5.74) is 0.851. The zero-order chi connectivity index (χ0) is 19.8. The van der Waals surface area contributed by atoms with Crippen molar-refractivity contribution in [3.8, 4) is 5.75 Å². The third kappa shape index (κ3) is 5.98. The van der Waals surface area contributed by atoms with E-state index in [0.717, 1.165) is 17.9 Å². The Hall–Kier alpha value is -2.57. The van der Waals surface area contributed by atoms with Crippen molar-refractivity contribution >= 4 is 11.6 Å². The van der Waals surface area contributed by atoms with Crippen molar-refractivity contribution in [2.24, 2.45) is 5.92 Å². The number of hydrogen-bond donors (Lipinski definition) is 1. The molecule has 1 heterocycles. The molecule has 1 aromatic heterocycles. The van der Waals surface area contributed by atoms with E-state index in [1.807, 2.05) is 38.1 Å². The molecule has 2 aromatic rings. The molecule has 0 aliphatic carbocycles. The average molecular weight is 374 g/mol. The van der Waals surface area contributed by atoms with Crippen LogP contribution < -0.4 is 10.1 Å². The predicted octanol–water partition coefficient (Wildman–Crippen LogP) is 3.52. The van der Waals surface area contributed by atoms with E-state index >= 15 is 0 Å². The molecule has 1 aromatic carbocycles. The fraction of sp³-hybridized carbons (Fsp3) is 0.550. The molecular weight excluding hydrogens is 344 g/mol. The molecule has 2 rings (SSSR count). The molecule has 0 aliphatic rings. The average Bonchev–Trinajstić information content (AvgIpc) is 3.10. The Morgan fingerprint density at radius 3 is 2.74 bits per heavy atom. The topological polar surface area (TPSA) is 80.5 Å². The fourth-order valence-electron chi connectivity index (χ4n) is 2.78. The van der Waals surface area contributed by atoms with Gasteiger partial charge in [-0.25, -0.2) is 0 Å². The highest BCUT2D eigenvalue weighted by Gasteiger charge is 2.23. The van der Waals surface area contributed by atoms with Crippen molar-refractivity contribution in [1.29, 1.82) is 0 Å². The van der Waals surface area contributed by atoms with Crippen molar-refractivity contribution in [1.82, 2.24) is 15.0 Å². The Bertz CT molecular complexity index is 730. The quantitative estimate of drug-likeness (QED) is 0.685. The highest BCUT2D eigenvalue weighted by Crippen LogP contribution is 2.19. The van der Waals surface area contributed by atoms with Crippen LogP contribution in [-0.4, -0.2) is 40.6 Å². The number of benzene rings is 1. The molecule has 1 atom stereocenters. The number of amides is 1. The van der Waals surface area contributed by atoms with Crippen LogP contribution in [0.2, 0.25) is 0 Å². The number of nitrogens with zero attached hydrogens (tertiary/aromatic N) is 3. The van der Waals surface area contributed by atoms with E-state index in [1.54, 1.807) is 12.0 Å². The number of likely N-dealkylation sites (N-methyl/N-ethyl adjacent to an activating group) is 1. The third-order valence-corrected chi connectivity index (χ3v) is 4.24. The zero-order valence-corrected chi connectivity index (χ0v) is 16.9. The standard InChI is InChI=1S/C20H30N4O3/c1-6-17(21-15-9-8-10-16(12-15)26-5)20(25)24(7-2)13-18-22-19(27-23-18)11-14(3)4/h8-10,12,14,17,21H,6-7,11,13H2,1-5H3. The first-order chi connectivity index (χ1) is 13.0. The smallest absolute Gasteiger partial charge is 0.245 e. The van der Waals surface area contributed by atoms with Gasteiger partial charge in [0.05, 0.1) is 13.7 Å². The molecule has 1 unspecified atom stereocenters. The van der Waals surface area contributed by atoms with Gasteiger partial charge < -0.3 is 19.5 Å². The lowest BCUT2D eigenvalue weighted by molar-refractivity contribution is -0.132. The molecule has 7 nitrogen and oxygen atoms in total. The molecular formula is C20H30N4O3. The van der Waals surface area contributed by atoms with Crippen LogP contribution in [-0.2, 0) is 17.8 Å². The second kappa shape index (κ2) is 9.94. The highest BCUT2D eigenvalue weighted by atomic mass is 16.5. The molecule has 0 spiro atoms. The number of ether oxygens (including phenoxy) is 1. The van der Waals surface area contributed by atoms with Gasteiger partial charge in [0.2, 0.25) is 11.8 Å². The first-order valence-corrected chi connectivity index (χ1v) is 9.47. The van der Waals surface area contributed by atoms with Gasteiger partial charge in [-0.1, -0.05) is 32.0 Å². The van der Waals surface area contributed by atoms with Crippen molar-refractivity contribution in [2.75, 3.05) is 19.0 Å². The lowest BCUT2D eigenvalue weighted by atomic mass is 10.1. The largest absolute Gasteiger partial charge is 0.497 e. The van der Waals surface area contributed by atoms with Crippen LogP contribution in [0.4, 0.5) is 5.69 Å². The van der Waals surface area contributed by atoms with E-state index in [1.165, 1.54) is 0 Å². The van der Waals surface area contributed by atoms with Gasteiger partial charge in [0, 0.05) is 24.7 Å². The van der Waals surface area contributed by atoms with Gasteiger partial charge >= 0.3 is 0 Å². The Balaban J connectivity index is 2.05. The molecule has 0 fully saturated rings. The molecule has 1 amide bonds. The van der Waals surface area contributed by atoms with Crippen molar-refractivity contribution in [3.05, 3.63) is 36.0 Å². The number of aromatic nitrogens is 2. The summed E-state index contributed by atoms with van der Waals surface area (Å²) in [4.78, 5) is 19.1. The van der Waals surface area contributed by atoms with Crippen LogP contribution in [0.15, 0.2) is 28.8 Å². The van der Waals surface area contributed by atoms with Gasteiger partial charge in [-0.3, -0.25) is 4.79 Å². The van der Waals surface area contributed by atoms with E-state index in [2.05, 4.69) is 29.3 Å². The summed E-state index contributed by atoms with van der Waals surface area (Å²) < 4.78 is 10.5. The van der Waals surface area contributed by atoms with E-state index in [0.29, 0.717) is 37.1 Å². The monoisotopic (exact) mass is 374 g/mol. The van der Waals surface area contributed by atoms with Crippen molar-refractivity contribution in [2.45, 2.75) is 53.1 Å². The van der Waals surface area contributed by atoms with Gasteiger partial charge in [0.15, 0.2) is 5.82 Å². The maximum absolute atomic E-state index is 13.0. The first kappa shape index (κ1) is 20.7. The van der Waals surface area contributed by atoms with Crippen LogP contribution in [0.5, 0.6) is 5.75 Å². The number of carbonyl (C=O) groups excluding carboxylic acids is 1. The van der Waals surface area contributed by atoms with Gasteiger partial charge in [-0.15, -0.1) is 0 Å². The zero-order valence-electron chi connectivity index (χ0n) is 16.9. The molecule has 0 aliphatic heterocycles. The van der Waals surface area contributed by atoms with Crippen molar-refractivity contribution in [3.63, 3.8) is 0 Å². The van der Waals surface area contributed by atoms with Gasteiger partial charge in [-0.05, 0) is 31.4 Å². The summed E-state index contributed by atoms with van der Waals surface area (Å²) in [6.45, 7) is 9.05. The molecule has 0 radical (unpaired) electrons. The van der Waals surface area contributed by atoms with E-state index in [9.17, 15) is 4.79 Å². The van der Waals surface area contributed by atoms with E-state index < -0.39 is 0 Å². The maximum Gasteiger partial charge on any atom is 0.245 e. The SMILES string of the molecule is CCC(Nc1cccc(OC)c1)C(=O)N(CC)Cc1noc(CC(C)C)n1. The van der Waals surface area contributed by atoms with Gasteiger partial charge in [0.1, 0.15) is 11.8 Å². The molecule has 0 saturated heterocycles. The number of nitrogens with one attached hydrogen (secondary N) is 1. The Morgan fingerprint density at radius 2 is 2.11 bits per heavy atom. The number of anilines is 1. The lowest BCUT2D eigenvalue weighted by Crippen LogP contribution is -2.42. The minimum Gasteiger partial charge on any atom is -0.497 e. The number of rotatable bonds is 10. The molecule has 148 valence electrons. The Labute approximate surface area is 161 Å². The van der Waals surface area contributed by atoms with Gasteiger partial charge in [-0.2, -0.15) is 4.98 Å². The summed E-state index contributed by atoms with van der Waals surface area (Å²) >= 11 is 0. The third-order valence-electron chi connectivity index (χ3n) is 4.24. The first-order valence-electron chi connectivity index (χ1n) is 9.47. The molecule has 27 heavy (non-hydrogen) atoms. The number of carbonyl (C=O) groups is 1. The molecule has 1 N–H and O–H groups in total. The second-order valence-corrected chi connectivity index (χ2v) is 6.89. The Morgan fingerprint density at radius 1 is 1.33 bits per heavy atom. The summed E-state index contributed by atoms with van der Waals surface area (Å²) in [5.74, 6) is 2.36. The lowest BCUT2D eigenvalue weighted by Gasteiger charge is -2.26. The summed E-state index contributed by atoms with van der Waals surface area (Å²) in [5, 5.41) is 7.31. The fourth-order valence-corrected chi connectivity index (χ4v) is 2.78. The predicted molar refractivity (Wildman–Crippen MR) is 105 cm³/mol. The Kier molecular flexibility index (Phi) is 7.64.